The molecule has 0 aliphatic carbocycles. The van der Waals surface area contributed by atoms with Crippen molar-refractivity contribution in [2.45, 2.75) is 0 Å². The maximum atomic E-state index is 10.5. The van der Waals surface area contributed by atoms with E-state index in [0.29, 0.717) is 13.1 Å². The second kappa shape index (κ2) is 7.15. The Hall–Kier alpha value is -0.250. The van der Waals surface area contributed by atoms with Gasteiger partial charge in [-0.1, -0.05) is 0 Å². The van der Waals surface area contributed by atoms with E-state index < -0.39 is 10.1 Å². The highest BCUT2D eigenvalue weighted by Crippen LogP contribution is 2.01. The third kappa shape index (κ3) is 6.36. The summed E-state index contributed by atoms with van der Waals surface area (Å²) in [5.74, 6) is -0.201. The molecule has 4 N–H and O–H groups in total. The number of aliphatic hydroxyl groups is 1. The standard InChI is InChI=1S/C8H18N2O4S.H2O/c11-7-5-9-1-3-10(4-2-9)6-8-15(12,13)14;/h11H,1-8H2,(H,12,13,14);1H2. The molecular weight excluding hydrogens is 236 g/mol. The molecule has 16 heavy (non-hydrogen) atoms. The molecule has 8 heteroatoms. The summed E-state index contributed by atoms with van der Waals surface area (Å²) in [6, 6.07) is 0. The van der Waals surface area contributed by atoms with Gasteiger partial charge in [-0.2, -0.15) is 8.42 Å². The molecule has 0 spiro atoms. The van der Waals surface area contributed by atoms with Gasteiger partial charge in [0.05, 0.1) is 12.4 Å². The minimum absolute atomic E-state index is 0. The van der Waals surface area contributed by atoms with Crippen molar-refractivity contribution in [2.24, 2.45) is 0 Å². The number of hydrogen-bond acceptors (Lipinski definition) is 5. The lowest BCUT2D eigenvalue weighted by Gasteiger charge is -2.33. The average Bonchev–Trinajstić information content (AvgIpc) is 2.16. The van der Waals surface area contributed by atoms with Gasteiger partial charge in [0.25, 0.3) is 10.1 Å². The summed E-state index contributed by atoms with van der Waals surface area (Å²) in [4.78, 5) is 4.13. The van der Waals surface area contributed by atoms with Gasteiger partial charge < -0.3 is 10.6 Å². The molecule has 1 aliphatic rings. The summed E-state index contributed by atoms with van der Waals surface area (Å²) in [5, 5.41) is 8.73. The first kappa shape index (κ1) is 15.8. The molecule has 0 unspecified atom stereocenters. The zero-order valence-electron chi connectivity index (χ0n) is 9.17. The van der Waals surface area contributed by atoms with Crippen LogP contribution in [-0.2, 0) is 10.1 Å². The fraction of sp³-hybridized carbons (Fsp3) is 1.00. The molecule has 0 aromatic carbocycles. The Bertz CT molecular complexity index is 274. The van der Waals surface area contributed by atoms with Crippen molar-refractivity contribution in [3.63, 3.8) is 0 Å². The van der Waals surface area contributed by atoms with Gasteiger partial charge in [-0.05, 0) is 0 Å². The van der Waals surface area contributed by atoms with Crippen LogP contribution >= 0.6 is 0 Å². The van der Waals surface area contributed by atoms with Crippen molar-refractivity contribution < 1.29 is 23.6 Å². The average molecular weight is 256 g/mol. The lowest BCUT2D eigenvalue weighted by Crippen LogP contribution is -2.48. The van der Waals surface area contributed by atoms with E-state index in [9.17, 15) is 8.42 Å². The predicted molar refractivity (Wildman–Crippen MR) is 60.0 cm³/mol. The Morgan fingerprint density at radius 3 is 1.81 bits per heavy atom. The van der Waals surface area contributed by atoms with Crippen LogP contribution in [0, 0.1) is 0 Å². The van der Waals surface area contributed by atoms with Crippen LogP contribution in [0.1, 0.15) is 0 Å². The van der Waals surface area contributed by atoms with Crippen LogP contribution in [0.4, 0.5) is 0 Å². The molecule has 0 aromatic rings. The summed E-state index contributed by atoms with van der Waals surface area (Å²) in [6.45, 7) is 4.46. The Kier molecular flexibility index (Phi) is 7.04. The summed E-state index contributed by atoms with van der Waals surface area (Å²) in [7, 11) is -3.84. The molecule has 0 aromatic heterocycles. The van der Waals surface area contributed by atoms with Gasteiger partial charge in [0.15, 0.2) is 0 Å². The molecule has 1 heterocycles. The van der Waals surface area contributed by atoms with Crippen LogP contribution in [0.15, 0.2) is 0 Å². The number of rotatable bonds is 5. The molecule has 98 valence electrons. The topological polar surface area (TPSA) is 113 Å². The van der Waals surface area contributed by atoms with E-state index in [1.54, 1.807) is 0 Å². The number of β-amino-alcohol motifs (C(OH)–C–C–N with tert-alkyl or cyclic N) is 1. The molecule has 0 radical (unpaired) electrons. The monoisotopic (exact) mass is 256 g/mol. The normalized spacial score (nSPS) is 19.4. The molecule has 1 saturated heterocycles. The quantitative estimate of drug-likeness (QED) is 0.533. The van der Waals surface area contributed by atoms with Gasteiger partial charge in [0, 0.05) is 39.3 Å². The Balaban J connectivity index is 0.00000225. The minimum Gasteiger partial charge on any atom is -0.412 e. The molecule has 1 fully saturated rings. The maximum Gasteiger partial charge on any atom is 0.266 e. The van der Waals surface area contributed by atoms with Crippen LogP contribution in [0.3, 0.4) is 0 Å². The first-order valence-electron chi connectivity index (χ1n) is 5.02. The molecule has 7 nitrogen and oxygen atoms in total. The van der Waals surface area contributed by atoms with Crippen molar-refractivity contribution in [2.75, 3.05) is 51.6 Å². The number of aliphatic hydroxyl groups excluding tert-OH is 1. The lowest BCUT2D eigenvalue weighted by atomic mass is 10.3. The van der Waals surface area contributed by atoms with Crippen LogP contribution in [-0.4, -0.2) is 85.0 Å². The second-order valence-electron chi connectivity index (χ2n) is 3.69. The maximum absolute atomic E-state index is 10.5. The molecular formula is C8H20N2O5S. The van der Waals surface area contributed by atoms with E-state index in [4.69, 9.17) is 9.66 Å². The second-order valence-corrected chi connectivity index (χ2v) is 5.27. The first-order chi connectivity index (χ1) is 7.01. The lowest BCUT2D eigenvalue weighted by molar-refractivity contribution is 0.116. The largest absolute Gasteiger partial charge is 0.412 e. The molecule has 0 atom stereocenters. The fourth-order valence-electron chi connectivity index (χ4n) is 1.62. The van der Waals surface area contributed by atoms with Crippen LogP contribution in [0.2, 0.25) is 0 Å². The smallest absolute Gasteiger partial charge is 0.266 e. The molecule has 1 rings (SSSR count). The van der Waals surface area contributed by atoms with E-state index in [0.717, 1.165) is 26.2 Å². The van der Waals surface area contributed by atoms with Crippen LogP contribution in [0.25, 0.3) is 0 Å². The predicted octanol–water partition coefficient (Wildman–Crippen LogP) is -2.34. The van der Waals surface area contributed by atoms with E-state index in [1.807, 2.05) is 4.90 Å². The van der Waals surface area contributed by atoms with E-state index in [-0.39, 0.29) is 17.8 Å². The fourth-order valence-corrected chi connectivity index (χ4v) is 2.11. The summed E-state index contributed by atoms with van der Waals surface area (Å²) >= 11 is 0. The highest BCUT2D eigenvalue weighted by atomic mass is 32.2. The molecule has 0 amide bonds. The third-order valence-electron chi connectivity index (χ3n) is 2.55. The third-order valence-corrected chi connectivity index (χ3v) is 3.25. The van der Waals surface area contributed by atoms with Gasteiger partial charge in [-0.15, -0.1) is 0 Å². The van der Waals surface area contributed by atoms with Crippen molar-refractivity contribution >= 4 is 10.1 Å². The molecule has 0 bridgehead atoms. The SMILES string of the molecule is O.O=S(=O)(O)CCN1CCN(CCO)CC1. The van der Waals surface area contributed by atoms with E-state index in [2.05, 4.69) is 4.90 Å². The number of piperazine rings is 1. The summed E-state index contributed by atoms with van der Waals surface area (Å²) < 4.78 is 29.6. The first-order valence-corrected chi connectivity index (χ1v) is 6.63. The van der Waals surface area contributed by atoms with Gasteiger partial charge in [-0.3, -0.25) is 14.4 Å². The zero-order chi connectivity index (χ0) is 11.3. The van der Waals surface area contributed by atoms with Crippen molar-refractivity contribution in [1.29, 1.82) is 0 Å². The van der Waals surface area contributed by atoms with Gasteiger partial charge in [0.1, 0.15) is 0 Å². The van der Waals surface area contributed by atoms with Crippen molar-refractivity contribution in [1.82, 2.24) is 9.80 Å². The highest BCUT2D eigenvalue weighted by molar-refractivity contribution is 7.85. The Morgan fingerprint density at radius 1 is 1.00 bits per heavy atom. The van der Waals surface area contributed by atoms with Crippen LogP contribution < -0.4 is 0 Å². The minimum atomic E-state index is -3.84. The van der Waals surface area contributed by atoms with Gasteiger partial charge in [-0.25, -0.2) is 0 Å². The van der Waals surface area contributed by atoms with Crippen LogP contribution in [0.5, 0.6) is 0 Å². The van der Waals surface area contributed by atoms with Gasteiger partial charge in [0.2, 0.25) is 0 Å². The number of hydrogen-bond donors (Lipinski definition) is 2. The molecule has 1 aliphatic heterocycles. The zero-order valence-corrected chi connectivity index (χ0v) is 9.99. The van der Waals surface area contributed by atoms with Crippen molar-refractivity contribution in [3.8, 4) is 0 Å². The highest BCUT2D eigenvalue weighted by Gasteiger charge is 2.17. The number of nitrogens with zero attached hydrogens (tertiary/aromatic N) is 2. The Labute approximate surface area is 95.7 Å². The molecule has 0 saturated carbocycles. The van der Waals surface area contributed by atoms with E-state index >= 15 is 0 Å². The van der Waals surface area contributed by atoms with E-state index in [1.165, 1.54) is 0 Å². The Morgan fingerprint density at radius 2 is 1.44 bits per heavy atom. The summed E-state index contributed by atoms with van der Waals surface area (Å²) in [5.41, 5.74) is 0. The van der Waals surface area contributed by atoms with Crippen molar-refractivity contribution in [3.05, 3.63) is 0 Å². The summed E-state index contributed by atoms with van der Waals surface area (Å²) in [6.07, 6.45) is 0. The van der Waals surface area contributed by atoms with Gasteiger partial charge >= 0.3 is 0 Å².